The van der Waals surface area contributed by atoms with Crippen LogP contribution in [0.1, 0.15) is 58.4 Å². The summed E-state index contributed by atoms with van der Waals surface area (Å²) >= 11 is 12.4. The Kier molecular flexibility index (Phi) is 7.74. The number of fused-ring (bicyclic) bond motifs is 1. The lowest BCUT2D eigenvalue weighted by Gasteiger charge is -2.24. The van der Waals surface area contributed by atoms with E-state index in [0.717, 1.165) is 24.7 Å². The van der Waals surface area contributed by atoms with Crippen molar-refractivity contribution in [3.63, 3.8) is 0 Å². The summed E-state index contributed by atoms with van der Waals surface area (Å²) < 4.78 is 26.2. The fourth-order valence-electron chi connectivity index (χ4n) is 4.38. The number of carbonyl (C=O) groups excluding carboxylic acids is 1. The molecule has 35 heavy (non-hydrogen) atoms. The van der Waals surface area contributed by atoms with Crippen LogP contribution < -0.4 is 9.62 Å². The van der Waals surface area contributed by atoms with Gasteiger partial charge < -0.3 is 5.32 Å². The molecule has 0 fully saturated rings. The first kappa shape index (κ1) is 25.5. The smallest absolute Gasteiger partial charge is 0.251 e. The van der Waals surface area contributed by atoms with Gasteiger partial charge in [-0.15, -0.1) is 0 Å². The van der Waals surface area contributed by atoms with Crippen molar-refractivity contribution in [2.24, 2.45) is 0 Å². The molecule has 0 radical (unpaired) electrons. The molecule has 1 amide bonds. The van der Waals surface area contributed by atoms with Crippen LogP contribution in [0, 0.1) is 0 Å². The minimum Gasteiger partial charge on any atom is -0.346 e. The number of nitrogens with zero attached hydrogens (tertiary/aromatic N) is 1. The number of carbonyl (C=O) groups is 1. The summed E-state index contributed by atoms with van der Waals surface area (Å²) in [4.78, 5) is 12.9. The second kappa shape index (κ2) is 10.6. The van der Waals surface area contributed by atoms with E-state index >= 15 is 0 Å². The second-order valence-corrected chi connectivity index (χ2v) is 11.7. The van der Waals surface area contributed by atoms with Gasteiger partial charge >= 0.3 is 0 Å². The lowest BCUT2D eigenvalue weighted by molar-refractivity contribution is 0.0940. The number of halogens is 2. The number of aryl methyl sites for hydroxylation is 2. The van der Waals surface area contributed by atoms with Crippen LogP contribution in [0.25, 0.3) is 0 Å². The van der Waals surface area contributed by atoms with Crippen LogP contribution in [0.3, 0.4) is 0 Å². The number of hydrogen-bond donors (Lipinski definition) is 1. The number of amides is 1. The molecule has 0 spiro atoms. The van der Waals surface area contributed by atoms with E-state index in [4.69, 9.17) is 23.2 Å². The molecule has 5 nitrogen and oxygen atoms in total. The molecule has 1 atom stereocenters. The van der Waals surface area contributed by atoms with E-state index < -0.39 is 10.0 Å². The summed E-state index contributed by atoms with van der Waals surface area (Å²) in [6, 6.07) is 18.1. The molecule has 0 bridgehead atoms. The van der Waals surface area contributed by atoms with E-state index in [1.54, 1.807) is 42.5 Å². The van der Waals surface area contributed by atoms with Crippen molar-refractivity contribution >= 4 is 44.8 Å². The van der Waals surface area contributed by atoms with Crippen molar-refractivity contribution in [3.8, 4) is 0 Å². The van der Waals surface area contributed by atoms with E-state index in [-0.39, 0.29) is 28.5 Å². The summed E-state index contributed by atoms with van der Waals surface area (Å²) in [5.41, 5.74) is 5.42. The zero-order valence-corrected chi connectivity index (χ0v) is 22.1. The maximum atomic E-state index is 12.9. The third kappa shape index (κ3) is 6.00. The molecule has 8 heteroatoms. The molecule has 0 aliphatic heterocycles. The topological polar surface area (TPSA) is 66.5 Å². The van der Waals surface area contributed by atoms with Gasteiger partial charge in [-0.2, -0.15) is 0 Å². The van der Waals surface area contributed by atoms with Crippen LogP contribution in [0.5, 0.6) is 0 Å². The first-order valence-corrected chi connectivity index (χ1v) is 14.2. The van der Waals surface area contributed by atoms with Crippen LogP contribution in [-0.4, -0.2) is 20.6 Å². The molecule has 0 unspecified atom stereocenters. The Morgan fingerprint density at radius 3 is 2.37 bits per heavy atom. The van der Waals surface area contributed by atoms with Crippen molar-refractivity contribution in [2.75, 3.05) is 10.6 Å². The van der Waals surface area contributed by atoms with Gasteiger partial charge in [0.1, 0.15) is 0 Å². The van der Waals surface area contributed by atoms with E-state index in [1.165, 1.54) is 28.3 Å². The molecular formula is C27H28Cl2N2O3S. The highest BCUT2D eigenvalue weighted by Crippen LogP contribution is 2.34. The lowest BCUT2D eigenvalue weighted by atomic mass is 9.89. The molecule has 3 aromatic rings. The van der Waals surface area contributed by atoms with Gasteiger partial charge in [0.05, 0.1) is 34.6 Å². The van der Waals surface area contributed by atoms with Gasteiger partial charge in [-0.25, -0.2) is 8.42 Å². The van der Waals surface area contributed by atoms with Crippen molar-refractivity contribution in [1.82, 2.24) is 5.32 Å². The first-order chi connectivity index (χ1) is 16.6. The van der Waals surface area contributed by atoms with Crippen LogP contribution >= 0.6 is 23.2 Å². The standard InChI is InChI=1S/C27H28Cl2N2O3S/c1-18(22-15-14-20-6-3-4-7-23(20)16-22)30-27(32)21-12-10-19(11-13-21)17-31(35(2,33)34)25-9-5-8-24(28)26(25)29/h5,8-16,18H,3-4,6-7,17H2,1-2H3,(H,30,32)/t18-/m1/s1. The lowest BCUT2D eigenvalue weighted by Crippen LogP contribution is -2.29. The predicted molar refractivity (Wildman–Crippen MR) is 143 cm³/mol. The van der Waals surface area contributed by atoms with Gasteiger partial charge in [-0.05, 0) is 79.1 Å². The average Bonchev–Trinajstić information content (AvgIpc) is 2.84. The minimum atomic E-state index is -3.62. The van der Waals surface area contributed by atoms with E-state index in [1.807, 2.05) is 6.92 Å². The predicted octanol–water partition coefficient (Wildman–Crippen LogP) is 6.33. The van der Waals surface area contributed by atoms with Crippen molar-refractivity contribution < 1.29 is 13.2 Å². The average molecular weight is 532 g/mol. The van der Waals surface area contributed by atoms with E-state index in [2.05, 4.69) is 23.5 Å². The van der Waals surface area contributed by atoms with Crippen LogP contribution in [-0.2, 0) is 29.4 Å². The number of rotatable bonds is 7. The second-order valence-electron chi connectivity index (χ2n) is 8.97. The molecule has 0 aromatic heterocycles. The summed E-state index contributed by atoms with van der Waals surface area (Å²) in [5.74, 6) is -0.181. The fourth-order valence-corrected chi connectivity index (χ4v) is 5.72. The maximum Gasteiger partial charge on any atom is 0.251 e. The van der Waals surface area contributed by atoms with Crippen LogP contribution in [0.15, 0.2) is 60.7 Å². The van der Waals surface area contributed by atoms with Gasteiger partial charge in [-0.1, -0.05) is 59.6 Å². The number of benzene rings is 3. The molecule has 0 heterocycles. The Balaban J connectivity index is 1.47. The molecule has 0 saturated carbocycles. The molecule has 0 saturated heterocycles. The van der Waals surface area contributed by atoms with Gasteiger partial charge in [-0.3, -0.25) is 9.10 Å². The monoisotopic (exact) mass is 530 g/mol. The van der Waals surface area contributed by atoms with Crippen molar-refractivity contribution in [1.29, 1.82) is 0 Å². The van der Waals surface area contributed by atoms with E-state index in [0.29, 0.717) is 16.8 Å². The quantitative estimate of drug-likeness (QED) is 0.388. The number of nitrogens with one attached hydrogen (secondary N) is 1. The Morgan fingerprint density at radius 2 is 1.69 bits per heavy atom. The van der Waals surface area contributed by atoms with Gasteiger partial charge in [0, 0.05) is 5.56 Å². The van der Waals surface area contributed by atoms with E-state index in [9.17, 15) is 13.2 Å². The summed E-state index contributed by atoms with van der Waals surface area (Å²) in [6.45, 7) is 2.04. The largest absolute Gasteiger partial charge is 0.346 e. The van der Waals surface area contributed by atoms with Crippen molar-refractivity contribution in [2.45, 2.75) is 45.2 Å². The molecular weight excluding hydrogens is 503 g/mol. The summed E-state index contributed by atoms with van der Waals surface area (Å²) in [7, 11) is -3.62. The zero-order chi connectivity index (χ0) is 25.2. The highest BCUT2D eigenvalue weighted by Gasteiger charge is 2.22. The first-order valence-electron chi connectivity index (χ1n) is 11.6. The summed E-state index contributed by atoms with van der Waals surface area (Å²) in [5, 5.41) is 3.51. The highest BCUT2D eigenvalue weighted by atomic mass is 35.5. The summed E-state index contributed by atoms with van der Waals surface area (Å²) in [6.07, 6.45) is 5.79. The SMILES string of the molecule is C[C@@H](NC(=O)c1ccc(CN(c2cccc(Cl)c2Cl)S(C)(=O)=O)cc1)c1ccc2c(c1)CCCC2. The van der Waals surface area contributed by atoms with Gasteiger partial charge in [0.25, 0.3) is 5.91 Å². The van der Waals surface area contributed by atoms with Crippen LogP contribution in [0.4, 0.5) is 5.69 Å². The zero-order valence-electron chi connectivity index (χ0n) is 19.7. The molecule has 1 aliphatic carbocycles. The number of sulfonamides is 1. The Labute approximate surface area is 217 Å². The Morgan fingerprint density at radius 1 is 1.00 bits per heavy atom. The van der Waals surface area contributed by atoms with Gasteiger partial charge in [0.15, 0.2) is 0 Å². The number of anilines is 1. The minimum absolute atomic E-state index is 0.0618. The Bertz CT molecular complexity index is 1340. The Hall–Kier alpha value is -2.54. The molecule has 1 aliphatic rings. The number of hydrogen-bond acceptors (Lipinski definition) is 3. The van der Waals surface area contributed by atoms with Crippen molar-refractivity contribution in [3.05, 3.63) is 98.5 Å². The van der Waals surface area contributed by atoms with Crippen LogP contribution in [0.2, 0.25) is 10.0 Å². The maximum absolute atomic E-state index is 12.9. The molecule has 4 rings (SSSR count). The highest BCUT2D eigenvalue weighted by molar-refractivity contribution is 7.92. The molecule has 184 valence electrons. The fraction of sp³-hybridized carbons (Fsp3) is 0.296. The third-order valence-electron chi connectivity index (χ3n) is 6.36. The van der Waals surface area contributed by atoms with Gasteiger partial charge in [0.2, 0.25) is 10.0 Å². The normalized spacial score (nSPS) is 14.2. The molecule has 1 N–H and O–H groups in total. The molecule has 3 aromatic carbocycles. The third-order valence-corrected chi connectivity index (χ3v) is 8.30.